The standard InChI is InChI=1S/C17H16BrNO2S2/c1-4-7-21-14-6-5-13(18)8-12(14)9-15-16(20)19(10-11(2)3)17(22)23-15/h1,5-6,8-9,11H,7,10H2,2-3H3/b15-9-. The molecule has 1 heterocycles. The van der Waals surface area contributed by atoms with Gasteiger partial charge in [-0.3, -0.25) is 9.69 Å². The monoisotopic (exact) mass is 409 g/mol. The molecule has 0 N–H and O–H groups in total. The second kappa shape index (κ2) is 8.00. The molecular weight excluding hydrogens is 394 g/mol. The number of halogens is 1. The van der Waals surface area contributed by atoms with Crippen molar-refractivity contribution in [1.29, 1.82) is 0 Å². The van der Waals surface area contributed by atoms with Crippen LogP contribution < -0.4 is 4.74 Å². The average molecular weight is 410 g/mol. The van der Waals surface area contributed by atoms with Crippen molar-refractivity contribution in [2.45, 2.75) is 13.8 Å². The van der Waals surface area contributed by atoms with E-state index in [2.05, 4.69) is 35.7 Å². The third kappa shape index (κ3) is 4.60. The Morgan fingerprint density at radius 2 is 2.26 bits per heavy atom. The Morgan fingerprint density at radius 3 is 2.91 bits per heavy atom. The first-order valence-corrected chi connectivity index (χ1v) is 9.05. The fourth-order valence-corrected chi connectivity index (χ4v) is 3.69. The van der Waals surface area contributed by atoms with Crippen molar-refractivity contribution in [3.8, 4) is 18.1 Å². The summed E-state index contributed by atoms with van der Waals surface area (Å²) < 4.78 is 7.03. The molecule has 0 spiro atoms. The molecule has 0 aromatic heterocycles. The minimum Gasteiger partial charge on any atom is -0.480 e. The number of hydrogen-bond donors (Lipinski definition) is 0. The van der Waals surface area contributed by atoms with Crippen LogP contribution in [-0.2, 0) is 4.79 Å². The number of ether oxygens (including phenoxy) is 1. The number of thioether (sulfide) groups is 1. The van der Waals surface area contributed by atoms with Crippen molar-refractivity contribution in [1.82, 2.24) is 4.90 Å². The molecular formula is C17H16BrNO2S2. The van der Waals surface area contributed by atoms with Crippen LogP contribution in [-0.4, -0.2) is 28.3 Å². The van der Waals surface area contributed by atoms with Gasteiger partial charge < -0.3 is 4.74 Å². The van der Waals surface area contributed by atoms with Crippen LogP contribution in [0.1, 0.15) is 19.4 Å². The van der Waals surface area contributed by atoms with E-state index in [4.69, 9.17) is 23.4 Å². The van der Waals surface area contributed by atoms with Crippen LogP contribution in [0.5, 0.6) is 5.75 Å². The Hall–Kier alpha value is -1.29. The molecule has 0 radical (unpaired) electrons. The lowest BCUT2D eigenvalue weighted by Crippen LogP contribution is -2.31. The van der Waals surface area contributed by atoms with E-state index < -0.39 is 0 Å². The van der Waals surface area contributed by atoms with E-state index in [0.29, 0.717) is 27.4 Å². The molecule has 1 aromatic carbocycles. The molecule has 3 nitrogen and oxygen atoms in total. The normalized spacial score (nSPS) is 16.3. The van der Waals surface area contributed by atoms with Gasteiger partial charge in [-0.05, 0) is 30.2 Å². The molecule has 0 saturated carbocycles. The van der Waals surface area contributed by atoms with E-state index in [0.717, 1.165) is 10.0 Å². The number of hydrogen-bond acceptors (Lipinski definition) is 4. The van der Waals surface area contributed by atoms with Gasteiger partial charge in [-0.25, -0.2) is 0 Å². The van der Waals surface area contributed by atoms with Gasteiger partial charge in [-0.2, -0.15) is 0 Å². The Kier molecular flexibility index (Phi) is 6.28. The number of terminal acetylenes is 1. The first-order chi connectivity index (χ1) is 10.9. The zero-order chi connectivity index (χ0) is 17.0. The predicted octanol–water partition coefficient (Wildman–Crippen LogP) is 4.32. The topological polar surface area (TPSA) is 29.5 Å². The van der Waals surface area contributed by atoms with E-state index >= 15 is 0 Å². The fraction of sp³-hybridized carbons (Fsp3) is 0.294. The summed E-state index contributed by atoms with van der Waals surface area (Å²) >= 11 is 10.1. The molecule has 0 atom stereocenters. The lowest BCUT2D eigenvalue weighted by molar-refractivity contribution is -0.122. The number of thiocarbonyl (C=S) groups is 1. The second-order valence-electron chi connectivity index (χ2n) is 5.36. The van der Waals surface area contributed by atoms with Crippen molar-refractivity contribution < 1.29 is 9.53 Å². The molecule has 1 aliphatic rings. The summed E-state index contributed by atoms with van der Waals surface area (Å²) in [4.78, 5) is 14.8. The lowest BCUT2D eigenvalue weighted by Gasteiger charge is -2.16. The number of nitrogens with zero attached hydrogens (tertiary/aromatic N) is 1. The van der Waals surface area contributed by atoms with Crippen molar-refractivity contribution >= 4 is 56.2 Å². The van der Waals surface area contributed by atoms with E-state index in [1.54, 1.807) is 11.0 Å². The summed E-state index contributed by atoms with van der Waals surface area (Å²) in [5.74, 6) is 3.38. The van der Waals surface area contributed by atoms with Crippen LogP contribution in [0.4, 0.5) is 0 Å². The van der Waals surface area contributed by atoms with Gasteiger partial charge in [0, 0.05) is 16.6 Å². The Bertz CT molecular complexity index is 707. The Balaban J connectivity index is 2.32. The average Bonchev–Trinajstić information content (AvgIpc) is 2.74. The molecule has 2 rings (SSSR count). The predicted molar refractivity (Wildman–Crippen MR) is 103 cm³/mol. The van der Waals surface area contributed by atoms with Crippen LogP contribution in [0.2, 0.25) is 0 Å². The van der Waals surface area contributed by atoms with Gasteiger partial charge in [0.15, 0.2) is 0 Å². The minimum atomic E-state index is -0.0587. The number of carbonyl (C=O) groups excluding carboxylic acids is 1. The highest BCUT2D eigenvalue weighted by atomic mass is 79.9. The molecule has 6 heteroatoms. The van der Waals surface area contributed by atoms with Gasteiger partial charge >= 0.3 is 0 Å². The number of carbonyl (C=O) groups is 1. The first-order valence-electron chi connectivity index (χ1n) is 7.03. The third-order valence-electron chi connectivity index (χ3n) is 2.99. The maximum absolute atomic E-state index is 12.5. The van der Waals surface area contributed by atoms with Crippen molar-refractivity contribution in [2.24, 2.45) is 5.92 Å². The maximum atomic E-state index is 12.5. The minimum absolute atomic E-state index is 0.0587. The van der Waals surface area contributed by atoms with Crippen molar-refractivity contribution in [3.05, 3.63) is 33.1 Å². The highest BCUT2D eigenvalue weighted by Crippen LogP contribution is 2.35. The van der Waals surface area contributed by atoms with Gasteiger partial charge in [0.25, 0.3) is 5.91 Å². The molecule has 0 aliphatic carbocycles. The van der Waals surface area contributed by atoms with E-state index in [-0.39, 0.29) is 12.5 Å². The number of benzene rings is 1. The fourth-order valence-electron chi connectivity index (χ4n) is 2.05. The van der Waals surface area contributed by atoms with Gasteiger partial charge in [0.05, 0.1) is 4.91 Å². The molecule has 1 fully saturated rings. The summed E-state index contributed by atoms with van der Waals surface area (Å²) in [7, 11) is 0. The zero-order valence-corrected chi connectivity index (χ0v) is 16.1. The quantitative estimate of drug-likeness (QED) is 0.411. The Labute approximate surface area is 154 Å². The van der Waals surface area contributed by atoms with Crippen LogP contribution >= 0.6 is 39.9 Å². The summed E-state index contributed by atoms with van der Waals surface area (Å²) in [5, 5.41) is 0. The summed E-state index contributed by atoms with van der Waals surface area (Å²) in [5.41, 5.74) is 0.791. The van der Waals surface area contributed by atoms with Crippen molar-refractivity contribution in [3.63, 3.8) is 0 Å². The molecule has 120 valence electrons. The SMILES string of the molecule is C#CCOc1ccc(Br)cc1/C=C1\SC(=S)N(CC(C)C)C1=O. The lowest BCUT2D eigenvalue weighted by atomic mass is 10.1. The van der Waals surface area contributed by atoms with Gasteiger partial charge in [0.1, 0.15) is 16.7 Å². The van der Waals surface area contributed by atoms with Crippen molar-refractivity contribution in [2.75, 3.05) is 13.2 Å². The van der Waals surface area contributed by atoms with Gasteiger partial charge in [0.2, 0.25) is 0 Å². The first kappa shape index (κ1) is 18.1. The molecule has 1 saturated heterocycles. The summed E-state index contributed by atoms with van der Waals surface area (Å²) in [6, 6.07) is 5.58. The molecule has 0 unspecified atom stereocenters. The van der Waals surface area contributed by atoms with E-state index in [1.807, 2.05) is 18.2 Å². The van der Waals surface area contributed by atoms with E-state index in [9.17, 15) is 4.79 Å². The highest BCUT2D eigenvalue weighted by molar-refractivity contribution is 9.10. The Morgan fingerprint density at radius 1 is 1.52 bits per heavy atom. The number of amides is 1. The van der Waals surface area contributed by atoms with Crippen LogP contribution in [0.15, 0.2) is 27.6 Å². The van der Waals surface area contributed by atoms with Crippen LogP contribution in [0.25, 0.3) is 6.08 Å². The highest BCUT2D eigenvalue weighted by Gasteiger charge is 2.32. The summed E-state index contributed by atoms with van der Waals surface area (Å²) in [6.07, 6.45) is 7.04. The smallest absolute Gasteiger partial charge is 0.266 e. The molecule has 1 amide bonds. The molecule has 1 aromatic rings. The maximum Gasteiger partial charge on any atom is 0.266 e. The molecule has 1 aliphatic heterocycles. The molecule has 0 bridgehead atoms. The van der Waals surface area contributed by atoms with Gasteiger partial charge in [-0.1, -0.05) is 59.7 Å². The summed E-state index contributed by atoms with van der Waals surface area (Å²) in [6.45, 7) is 4.92. The largest absolute Gasteiger partial charge is 0.480 e. The van der Waals surface area contributed by atoms with Gasteiger partial charge in [-0.15, -0.1) is 6.42 Å². The third-order valence-corrected chi connectivity index (χ3v) is 4.86. The van der Waals surface area contributed by atoms with Crippen LogP contribution in [0, 0.1) is 18.3 Å². The van der Waals surface area contributed by atoms with Crippen LogP contribution in [0.3, 0.4) is 0 Å². The van der Waals surface area contributed by atoms with E-state index in [1.165, 1.54) is 11.8 Å². The second-order valence-corrected chi connectivity index (χ2v) is 7.95. The number of rotatable bonds is 5. The zero-order valence-electron chi connectivity index (χ0n) is 12.8. The molecule has 23 heavy (non-hydrogen) atoms.